The second kappa shape index (κ2) is 6.70. The lowest BCUT2D eigenvalue weighted by atomic mass is 9.79. The maximum Gasteiger partial charge on any atom is 0.276 e. The first-order chi connectivity index (χ1) is 12.6. The van der Waals surface area contributed by atoms with Crippen molar-refractivity contribution in [2.24, 2.45) is 11.8 Å². The second-order valence-electron chi connectivity index (χ2n) is 6.78. The Kier molecular flexibility index (Phi) is 4.23. The van der Waals surface area contributed by atoms with Crippen LogP contribution in [0.25, 0.3) is 0 Å². The van der Waals surface area contributed by atoms with Crippen molar-refractivity contribution in [1.82, 2.24) is 35.8 Å². The topological polar surface area (TPSA) is 137 Å². The number of likely N-dealkylation sites (tertiary alicyclic amines) is 1. The smallest absolute Gasteiger partial charge is 0.276 e. The third-order valence-corrected chi connectivity index (χ3v) is 5.33. The Morgan fingerprint density at radius 3 is 2.92 bits per heavy atom. The van der Waals surface area contributed by atoms with Crippen molar-refractivity contribution in [1.29, 1.82) is 0 Å². The Morgan fingerprint density at radius 2 is 2.15 bits per heavy atom. The summed E-state index contributed by atoms with van der Waals surface area (Å²) in [5, 5.41) is 18.8. The molecule has 1 aliphatic heterocycles. The van der Waals surface area contributed by atoms with Crippen LogP contribution in [0.1, 0.15) is 40.1 Å². The number of aromatic amines is 2. The van der Waals surface area contributed by atoms with Gasteiger partial charge in [-0.3, -0.25) is 14.4 Å². The summed E-state index contributed by atoms with van der Waals surface area (Å²) in [5.41, 5.74) is 0.127. The summed E-state index contributed by atoms with van der Waals surface area (Å²) in [5.74, 6) is 0.0898. The molecule has 2 amide bonds. The highest BCUT2D eigenvalue weighted by Gasteiger charge is 2.46. The Labute approximate surface area is 148 Å². The molecular formula is C16H19N7O3. The minimum absolute atomic E-state index is 0.0792. The van der Waals surface area contributed by atoms with Crippen LogP contribution in [0, 0.1) is 11.8 Å². The number of nitrogens with one attached hydrogen (secondary N) is 3. The van der Waals surface area contributed by atoms with Gasteiger partial charge in [0.1, 0.15) is 0 Å². The van der Waals surface area contributed by atoms with E-state index in [0.29, 0.717) is 24.7 Å². The average Bonchev–Trinajstić information content (AvgIpc) is 3.24. The van der Waals surface area contributed by atoms with Gasteiger partial charge in [-0.15, -0.1) is 0 Å². The zero-order valence-electron chi connectivity index (χ0n) is 14.0. The minimum atomic E-state index is -0.417. The first kappa shape index (κ1) is 16.4. The van der Waals surface area contributed by atoms with Gasteiger partial charge in [0.15, 0.2) is 5.69 Å². The molecule has 2 bridgehead atoms. The molecule has 4 rings (SSSR count). The van der Waals surface area contributed by atoms with Gasteiger partial charge in [-0.1, -0.05) is 6.42 Å². The van der Waals surface area contributed by atoms with Gasteiger partial charge in [0.05, 0.1) is 18.0 Å². The SMILES string of the molecule is O=C(NCC1C2CCCC1N(C(=O)c1cn[nH]n1)C2)c1cn[nH]c(=O)c1. The zero-order chi connectivity index (χ0) is 18.1. The van der Waals surface area contributed by atoms with Crippen LogP contribution in [0.4, 0.5) is 0 Å². The molecule has 3 unspecified atom stereocenters. The molecule has 10 heteroatoms. The zero-order valence-corrected chi connectivity index (χ0v) is 14.0. The number of carbonyl (C=O) groups is 2. The normalized spacial score (nSPS) is 24.5. The molecule has 1 saturated carbocycles. The first-order valence-electron chi connectivity index (χ1n) is 8.63. The molecule has 136 valence electrons. The highest BCUT2D eigenvalue weighted by molar-refractivity contribution is 5.94. The molecule has 2 aromatic rings. The fourth-order valence-electron chi connectivity index (χ4n) is 4.13. The van der Waals surface area contributed by atoms with Crippen LogP contribution in [0.5, 0.6) is 0 Å². The average molecular weight is 357 g/mol. The summed E-state index contributed by atoms with van der Waals surface area (Å²) in [6, 6.07) is 1.30. The predicted octanol–water partition coefficient (Wildman–Crippen LogP) is -0.441. The van der Waals surface area contributed by atoms with Gasteiger partial charge < -0.3 is 10.2 Å². The third kappa shape index (κ3) is 2.98. The van der Waals surface area contributed by atoms with Crippen LogP contribution in [-0.4, -0.2) is 61.5 Å². The van der Waals surface area contributed by atoms with Gasteiger partial charge in [-0.25, -0.2) is 5.10 Å². The molecular weight excluding hydrogens is 338 g/mol. The molecule has 1 saturated heterocycles. The van der Waals surface area contributed by atoms with E-state index in [-0.39, 0.29) is 29.3 Å². The lowest BCUT2D eigenvalue weighted by Gasteiger charge is -2.31. The quantitative estimate of drug-likeness (QED) is 0.678. The van der Waals surface area contributed by atoms with Gasteiger partial charge in [-0.2, -0.15) is 20.5 Å². The van der Waals surface area contributed by atoms with Gasteiger partial charge in [0.2, 0.25) is 0 Å². The number of hydrogen-bond donors (Lipinski definition) is 3. The van der Waals surface area contributed by atoms with E-state index in [4.69, 9.17) is 0 Å². The number of H-pyrrole nitrogens is 2. The Morgan fingerprint density at radius 1 is 1.27 bits per heavy atom. The van der Waals surface area contributed by atoms with Crippen molar-refractivity contribution in [3.63, 3.8) is 0 Å². The molecule has 2 aliphatic rings. The molecule has 2 aromatic heterocycles. The number of nitrogens with zero attached hydrogens (tertiary/aromatic N) is 4. The number of aromatic nitrogens is 5. The van der Waals surface area contributed by atoms with Gasteiger partial charge in [0.25, 0.3) is 17.4 Å². The lowest BCUT2D eigenvalue weighted by Crippen LogP contribution is -2.42. The third-order valence-electron chi connectivity index (χ3n) is 5.33. The fourth-order valence-corrected chi connectivity index (χ4v) is 4.13. The van der Waals surface area contributed by atoms with Crippen molar-refractivity contribution < 1.29 is 9.59 Å². The van der Waals surface area contributed by atoms with E-state index in [1.54, 1.807) is 0 Å². The van der Waals surface area contributed by atoms with Crippen molar-refractivity contribution in [3.05, 3.63) is 40.1 Å². The summed E-state index contributed by atoms with van der Waals surface area (Å²) in [7, 11) is 0. The van der Waals surface area contributed by atoms with E-state index in [1.807, 2.05) is 4.90 Å². The second-order valence-corrected chi connectivity index (χ2v) is 6.78. The van der Waals surface area contributed by atoms with Crippen LogP contribution in [0.15, 0.2) is 23.3 Å². The number of amides is 2. The molecule has 1 aliphatic carbocycles. The van der Waals surface area contributed by atoms with Crippen LogP contribution < -0.4 is 10.9 Å². The number of carbonyl (C=O) groups excluding carboxylic acids is 2. The van der Waals surface area contributed by atoms with E-state index >= 15 is 0 Å². The monoisotopic (exact) mass is 357 g/mol. The van der Waals surface area contributed by atoms with Gasteiger partial charge >= 0.3 is 0 Å². The van der Waals surface area contributed by atoms with E-state index in [2.05, 4.69) is 30.9 Å². The fraction of sp³-hybridized carbons (Fsp3) is 0.500. The van der Waals surface area contributed by atoms with E-state index in [9.17, 15) is 14.4 Å². The Bertz CT molecular complexity index is 863. The van der Waals surface area contributed by atoms with Crippen LogP contribution >= 0.6 is 0 Å². The summed E-state index contributed by atoms with van der Waals surface area (Å²) in [4.78, 5) is 38.1. The van der Waals surface area contributed by atoms with Gasteiger partial charge in [-0.05, 0) is 18.8 Å². The highest BCUT2D eigenvalue weighted by Crippen LogP contribution is 2.40. The molecule has 0 radical (unpaired) electrons. The maximum atomic E-state index is 12.7. The molecule has 3 N–H and O–H groups in total. The maximum absolute atomic E-state index is 12.7. The van der Waals surface area contributed by atoms with E-state index < -0.39 is 5.56 Å². The molecule has 26 heavy (non-hydrogen) atoms. The predicted molar refractivity (Wildman–Crippen MR) is 89.2 cm³/mol. The summed E-state index contributed by atoms with van der Waals surface area (Å²) in [6.45, 7) is 1.13. The van der Waals surface area contributed by atoms with Crippen LogP contribution in [0.3, 0.4) is 0 Å². The van der Waals surface area contributed by atoms with Crippen LogP contribution in [0.2, 0.25) is 0 Å². The van der Waals surface area contributed by atoms with Gasteiger partial charge in [0, 0.05) is 31.1 Å². The minimum Gasteiger partial charge on any atom is -0.352 e. The number of rotatable bonds is 4. The Balaban J connectivity index is 1.44. The summed E-state index contributed by atoms with van der Waals surface area (Å²) >= 11 is 0. The molecule has 0 aromatic carbocycles. The molecule has 3 atom stereocenters. The Hall–Kier alpha value is -3.04. The summed E-state index contributed by atoms with van der Waals surface area (Å²) in [6.07, 6.45) is 5.77. The van der Waals surface area contributed by atoms with E-state index in [0.717, 1.165) is 19.3 Å². The van der Waals surface area contributed by atoms with Crippen LogP contribution in [-0.2, 0) is 0 Å². The van der Waals surface area contributed by atoms with Crippen molar-refractivity contribution in [3.8, 4) is 0 Å². The van der Waals surface area contributed by atoms with E-state index in [1.165, 1.54) is 18.5 Å². The summed E-state index contributed by atoms with van der Waals surface area (Å²) < 4.78 is 0. The number of fused-ring (bicyclic) bond motifs is 2. The molecule has 3 heterocycles. The van der Waals surface area contributed by atoms with Crippen molar-refractivity contribution in [2.75, 3.05) is 13.1 Å². The number of hydrogen-bond acceptors (Lipinski definition) is 6. The lowest BCUT2D eigenvalue weighted by molar-refractivity contribution is 0.0703. The largest absolute Gasteiger partial charge is 0.352 e. The highest BCUT2D eigenvalue weighted by atomic mass is 16.2. The first-order valence-corrected chi connectivity index (χ1v) is 8.63. The molecule has 2 fully saturated rings. The van der Waals surface area contributed by atoms with Crippen molar-refractivity contribution in [2.45, 2.75) is 25.3 Å². The standard InChI is InChI=1S/C16H19N7O3/c24-14-4-10(5-18-21-14)15(25)17-6-11-9-2-1-3-13(11)23(8-9)16(26)12-7-19-22-20-12/h4-5,7,9,11,13H,1-3,6,8H2,(H,17,25)(H,21,24)(H,19,20,22). The molecule has 0 spiro atoms. The van der Waals surface area contributed by atoms with Crippen molar-refractivity contribution >= 4 is 11.8 Å². The molecule has 10 nitrogen and oxygen atoms in total.